The van der Waals surface area contributed by atoms with Gasteiger partial charge in [-0.1, -0.05) is 13.0 Å². The van der Waals surface area contributed by atoms with E-state index in [1.807, 2.05) is 7.05 Å². The molecule has 0 aliphatic carbocycles. The summed E-state index contributed by atoms with van der Waals surface area (Å²) in [5.41, 5.74) is 0.228. The van der Waals surface area contributed by atoms with Crippen molar-refractivity contribution in [2.24, 2.45) is 5.92 Å². The van der Waals surface area contributed by atoms with E-state index in [2.05, 4.69) is 17.1 Å². The molecule has 0 radical (unpaired) electrons. The first-order valence-electron chi connectivity index (χ1n) is 7.00. The zero-order valence-corrected chi connectivity index (χ0v) is 11.6. The molecule has 1 N–H and O–H groups in total. The summed E-state index contributed by atoms with van der Waals surface area (Å²) in [6, 6.07) is 3.96. The van der Waals surface area contributed by atoms with Gasteiger partial charge in [0.05, 0.1) is 0 Å². The van der Waals surface area contributed by atoms with Gasteiger partial charge in [0.25, 0.3) is 0 Å². The Morgan fingerprint density at radius 1 is 1.32 bits per heavy atom. The number of nitrogens with zero attached hydrogens (tertiary/aromatic N) is 1. The number of hydrogen-bond donors (Lipinski definition) is 1. The van der Waals surface area contributed by atoms with Gasteiger partial charge in [0, 0.05) is 11.6 Å². The Hall–Kier alpha value is -1.00. The molecule has 0 aromatic heterocycles. The fourth-order valence-corrected chi connectivity index (χ4v) is 2.95. The molecule has 0 spiro atoms. The fourth-order valence-electron chi connectivity index (χ4n) is 2.95. The van der Waals surface area contributed by atoms with E-state index in [0.29, 0.717) is 0 Å². The van der Waals surface area contributed by atoms with E-state index in [-0.39, 0.29) is 17.5 Å². The summed E-state index contributed by atoms with van der Waals surface area (Å²) >= 11 is 0. The van der Waals surface area contributed by atoms with Crippen LogP contribution >= 0.6 is 0 Å². The zero-order valence-electron chi connectivity index (χ0n) is 11.6. The smallest absolute Gasteiger partial charge is 0.130 e. The molecule has 106 valence electrons. The highest BCUT2D eigenvalue weighted by Gasteiger charge is 2.35. The summed E-state index contributed by atoms with van der Waals surface area (Å²) in [5.74, 6) is -0.596. The van der Waals surface area contributed by atoms with Gasteiger partial charge in [-0.2, -0.15) is 0 Å². The van der Waals surface area contributed by atoms with Crippen molar-refractivity contribution < 1.29 is 8.78 Å². The molecule has 1 aromatic carbocycles. The second-order valence-electron chi connectivity index (χ2n) is 5.31. The van der Waals surface area contributed by atoms with E-state index < -0.39 is 11.6 Å². The average molecular weight is 268 g/mol. The second kappa shape index (κ2) is 6.44. The number of hydrogen-bond acceptors (Lipinski definition) is 2. The summed E-state index contributed by atoms with van der Waals surface area (Å²) in [6.45, 7) is 4.77. The molecule has 0 bridgehead atoms. The lowest BCUT2D eigenvalue weighted by Gasteiger charge is -2.26. The van der Waals surface area contributed by atoms with E-state index in [9.17, 15) is 8.78 Å². The molecule has 0 amide bonds. The first-order chi connectivity index (χ1) is 9.15. The lowest BCUT2D eigenvalue weighted by molar-refractivity contribution is 0.258. The molecular formula is C15H22F2N2. The van der Waals surface area contributed by atoms with Gasteiger partial charge in [-0.3, -0.25) is 4.90 Å². The number of halogens is 2. The fraction of sp³-hybridized carbons (Fsp3) is 0.600. The summed E-state index contributed by atoms with van der Waals surface area (Å²) in [7, 11) is 1.94. The van der Waals surface area contributed by atoms with Crippen molar-refractivity contribution in [3.8, 4) is 0 Å². The monoisotopic (exact) mass is 268 g/mol. The van der Waals surface area contributed by atoms with Crippen LogP contribution in [-0.2, 0) is 0 Å². The maximum absolute atomic E-state index is 14.0. The largest absolute Gasteiger partial charge is 0.316 e. The molecule has 4 heteroatoms. The quantitative estimate of drug-likeness (QED) is 0.826. The first-order valence-corrected chi connectivity index (χ1v) is 7.00. The van der Waals surface area contributed by atoms with E-state index in [4.69, 9.17) is 0 Å². The van der Waals surface area contributed by atoms with Gasteiger partial charge in [-0.05, 0) is 57.6 Å². The van der Waals surface area contributed by atoms with Gasteiger partial charge in [0.1, 0.15) is 11.6 Å². The topological polar surface area (TPSA) is 15.3 Å². The highest BCUT2D eigenvalue weighted by molar-refractivity contribution is 5.25. The van der Waals surface area contributed by atoms with Gasteiger partial charge in [-0.25, -0.2) is 8.78 Å². The average Bonchev–Trinajstić information content (AvgIpc) is 2.72. The standard InChI is InChI=1S/C15H22F2N2/c1-3-8-18-10-11-7-9-19(2)15(11)14-12(16)5-4-6-13(14)17/h4-6,11,15,18H,3,7-10H2,1-2H3. The molecule has 0 saturated carbocycles. The van der Waals surface area contributed by atoms with Crippen molar-refractivity contribution >= 4 is 0 Å². The lowest BCUT2D eigenvalue weighted by Crippen LogP contribution is -2.30. The number of benzene rings is 1. The molecule has 1 fully saturated rings. The minimum atomic E-state index is -0.431. The lowest BCUT2D eigenvalue weighted by atomic mass is 9.93. The van der Waals surface area contributed by atoms with Crippen LogP contribution in [0.2, 0.25) is 0 Å². The highest BCUT2D eigenvalue weighted by atomic mass is 19.1. The summed E-state index contributed by atoms with van der Waals surface area (Å²) in [6.07, 6.45) is 2.05. The van der Waals surface area contributed by atoms with Gasteiger partial charge < -0.3 is 5.32 Å². The van der Waals surface area contributed by atoms with Crippen molar-refractivity contribution in [1.82, 2.24) is 10.2 Å². The SMILES string of the molecule is CCCNCC1CCN(C)C1c1c(F)cccc1F. The molecule has 1 saturated heterocycles. The van der Waals surface area contributed by atoms with Crippen LogP contribution in [0, 0.1) is 17.6 Å². The van der Waals surface area contributed by atoms with E-state index >= 15 is 0 Å². The van der Waals surface area contributed by atoms with Crippen molar-refractivity contribution in [2.45, 2.75) is 25.8 Å². The van der Waals surface area contributed by atoms with Gasteiger partial charge in [0.15, 0.2) is 0 Å². The van der Waals surface area contributed by atoms with Gasteiger partial charge in [0.2, 0.25) is 0 Å². The van der Waals surface area contributed by atoms with Crippen LogP contribution in [0.5, 0.6) is 0 Å². The van der Waals surface area contributed by atoms with Crippen molar-refractivity contribution in [3.63, 3.8) is 0 Å². The van der Waals surface area contributed by atoms with E-state index in [1.54, 1.807) is 0 Å². The molecule has 19 heavy (non-hydrogen) atoms. The van der Waals surface area contributed by atoms with E-state index in [0.717, 1.165) is 32.5 Å². The number of likely N-dealkylation sites (tertiary alicyclic amines) is 1. The van der Waals surface area contributed by atoms with Crippen molar-refractivity contribution in [3.05, 3.63) is 35.4 Å². The molecule has 1 aliphatic rings. The minimum absolute atomic E-state index is 0.162. The summed E-state index contributed by atoms with van der Waals surface area (Å²) in [5, 5.41) is 3.36. The third kappa shape index (κ3) is 3.12. The highest BCUT2D eigenvalue weighted by Crippen LogP contribution is 2.38. The van der Waals surface area contributed by atoms with Gasteiger partial charge >= 0.3 is 0 Å². The number of rotatable bonds is 5. The maximum Gasteiger partial charge on any atom is 0.130 e. The zero-order chi connectivity index (χ0) is 13.8. The Balaban J connectivity index is 2.19. The summed E-state index contributed by atoms with van der Waals surface area (Å²) in [4.78, 5) is 2.06. The molecule has 1 aromatic rings. The molecule has 2 nitrogen and oxygen atoms in total. The molecule has 2 atom stereocenters. The third-order valence-electron chi connectivity index (χ3n) is 3.90. The van der Waals surface area contributed by atoms with E-state index in [1.165, 1.54) is 18.2 Å². The van der Waals surface area contributed by atoms with Crippen molar-refractivity contribution in [2.75, 3.05) is 26.7 Å². The first kappa shape index (κ1) is 14.4. The van der Waals surface area contributed by atoms with Crippen LogP contribution in [0.15, 0.2) is 18.2 Å². The Morgan fingerprint density at radius 2 is 2.00 bits per heavy atom. The molecule has 1 heterocycles. The number of nitrogens with one attached hydrogen (secondary N) is 1. The van der Waals surface area contributed by atoms with Crippen LogP contribution in [0.25, 0.3) is 0 Å². The minimum Gasteiger partial charge on any atom is -0.316 e. The van der Waals surface area contributed by atoms with Crippen LogP contribution < -0.4 is 5.32 Å². The maximum atomic E-state index is 14.0. The molecular weight excluding hydrogens is 246 g/mol. The molecule has 2 rings (SSSR count). The van der Waals surface area contributed by atoms with Crippen LogP contribution in [0.4, 0.5) is 8.78 Å². The molecule has 1 aliphatic heterocycles. The molecule has 2 unspecified atom stereocenters. The Labute approximate surface area is 113 Å². The second-order valence-corrected chi connectivity index (χ2v) is 5.31. The van der Waals surface area contributed by atoms with Crippen LogP contribution in [0.1, 0.15) is 31.4 Å². The van der Waals surface area contributed by atoms with Crippen LogP contribution in [-0.4, -0.2) is 31.6 Å². The third-order valence-corrected chi connectivity index (χ3v) is 3.90. The normalized spacial score (nSPS) is 24.0. The van der Waals surface area contributed by atoms with Crippen molar-refractivity contribution in [1.29, 1.82) is 0 Å². The van der Waals surface area contributed by atoms with Crippen LogP contribution in [0.3, 0.4) is 0 Å². The summed E-state index contributed by atoms with van der Waals surface area (Å²) < 4.78 is 27.9. The Kier molecular flexibility index (Phi) is 4.88. The predicted molar refractivity (Wildman–Crippen MR) is 73.0 cm³/mol. The van der Waals surface area contributed by atoms with Gasteiger partial charge in [-0.15, -0.1) is 0 Å². The Morgan fingerprint density at radius 3 is 2.63 bits per heavy atom. The Bertz CT molecular complexity index is 402. The predicted octanol–water partition coefficient (Wildman–Crippen LogP) is 2.96.